The van der Waals surface area contributed by atoms with Gasteiger partial charge in [-0.05, 0) is 44.8 Å². The molecule has 3 rings (SSSR count). The Balaban J connectivity index is 1.71. The molecule has 1 fully saturated rings. The van der Waals surface area contributed by atoms with Crippen molar-refractivity contribution in [2.45, 2.75) is 51.9 Å². The van der Waals surface area contributed by atoms with Crippen LogP contribution in [-0.4, -0.2) is 31.4 Å². The van der Waals surface area contributed by atoms with Crippen LogP contribution in [0.2, 0.25) is 0 Å². The highest BCUT2D eigenvalue weighted by Gasteiger charge is 2.51. The Bertz CT molecular complexity index is 830. The van der Waals surface area contributed by atoms with Gasteiger partial charge in [0.1, 0.15) is 12.4 Å². The first-order valence-corrected chi connectivity index (χ1v) is 9.44. The molecule has 0 bridgehead atoms. The quantitative estimate of drug-likeness (QED) is 0.567. The van der Waals surface area contributed by atoms with Gasteiger partial charge in [0, 0.05) is 5.56 Å². The Morgan fingerprint density at radius 3 is 2.36 bits per heavy atom. The zero-order chi connectivity index (χ0) is 20.4. The zero-order valence-corrected chi connectivity index (χ0v) is 17.2. The van der Waals surface area contributed by atoms with E-state index in [-0.39, 0.29) is 23.6 Å². The van der Waals surface area contributed by atoms with Gasteiger partial charge in [-0.15, -0.1) is 0 Å². The van der Waals surface area contributed by atoms with Crippen LogP contribution < -0.4 is 10.2 Å². The zero-order valence-electron chi connectivity index (χ0n) is 17.2. The molecule has 0 aliphatic carbocycles. The van der Waals surface area contributed by atoms with Crippen LogP contribution >= 0.6 is 0 Å². The summed E-state index contributed by atoms with van der Waals surface area (Å²) in [5.74, 6) is 0.382. The van der Waals surface area contributed by atoms with Crippen LogP contribution in [0.25, 0.3) is 0 Å². The second-order valence-electron chi connectivity index (χ2n) is 7.98. The van der Waals surface area contributed by atoms with Gasteiger partial charge in [-0.3, -0.25) is 4.79 Å². The fourth-order valence-electron chi connectivity index (χ4n) is 2.99. The summed E-state index contributed by atoms with van der Waals surface area (Å²) in [5, 5.41) is 0. The SMILES string of the molecule is COC(=O)Cc1ccccc1OCc1cccc(B2OC(C)(C)C(C)(C)O2)c1. The predicted octanol–water partition coefficient (Wildman–Crippen LogP) is 3.28. The Labute approximate surface area is 167 Å². The van der Waals surface area contributed by atoms with Crippen molar-refractivity contribution in [1.82, 2.24) is 0 Å². The van der Waals surface area contributed by atoms with E-state index in [2.05, 4.69) is 0 Å². The molecule has 5 nitrogen and oxygen atoms in total. The second kappa shape index (κ2) is 7.98. The van der Waals surface area contributed by atoms with E-state index in [1.54, 1.807) is 0 Å². The van der Waals surface area contributed by atoms with Crippen molar-refractivity contribution in [2.75, 3.05) is 7.11 Å². The van der Waals surface area contributed by atoms with Crippen molar-refractivity contribution in [2.24, 2.45) is 0 Å². The molecule has 6 heteroatoms. The third-order valence-electron chi connectivity index (χ3n) is 5.41. The van der Waals surface area contributed by atoms with Crippen molar-refractivity contribution in [1.29, 1.82) is 0 Å². The predicted molar refractivity (Wildman–Crippen MR) is 109 cm³/mol. The minimum Gasteiger partial charge on any atom is -0.489 e. The lowest BCUT2D eigenvalue weighted by Gasteiger charge is -2.32. The summed E-state index contributed by atoms with van der Waals surface area (Å²) in [6.45, 7) is 8.54. The Morgan fingerprint density at radius 2 is 1.68 bits per heavy atom. The van der Waals surface area contributed by atoms with E-state index < -0.39 is 7.12 Å². The van der Waals surface area contributed by atoms with Crippen molar-refractivity contribution in [3.05, 3.63) is 59.7 Å². The van der Waals surface area contributed by atoms with Gasteiger partial charge in [-0.1, -0.05) is 42.5 Å². The minimum absolute atomic E-state index is 0.181. The molecule has 28 heavy (non-hydrogen) atoms. The number of methoxy groups -OCH3 is 1. The van der Waals surface area contributed by atoms with Gasteiger partial charge in [0.25, 0.3) is 0 Å². The molecule has 2 aromatic rings. The normalized spacial score (nSPS) is 17.4. The molecule has 1 aliphatic rings. The van der Waals surface area contributed by atoms with Gasteiger partial charge in [0.15, 0.2) is 0 Å². The molecule has 0 atom stereocenters. The molecule has 2 aromatic carbocycles. The average Bonchev–Trinajstić information content (AvgIpc) is 2.88. The molecule has 148 valence electrons. The molecule has 0 saturated carbocycles. The van der Waals surface area contributed by atoms with Crippen LogP contribution in [0.5, 0.6) is 5.75 Å². The first-order valence-electron chi connectivity index (χ1n) is 9.44. The molecule has 0 unspecified atom stereocenters. The third-order valence-corrected chi connectivity index (χ3v) is 5.41. The maximum absolute atomic E-state index is 11.6. The highest BCUT2D eigenvalue weighted by atomic mass is 16.7. The summed E-state index contributed by atoms with van der Waals surface area (Å²) in [6.07, 6.45) is 0.181. The van der Waals surface area contributed by atoms with Gasteiger partial charge < -0.3 is 18.8 Å². The van der Waals surface area contributed by atoms with Crippen LogP contribution in [0.1, 0.15) is 38.8 Å². The summed E-state index contributed by atoms with van der Waals surface area (Å²) < 4.78 is 23.0. The van der Waals surface area contributed by atoms with Crippen molar-refractivity contribution >= 4 is 18.6 Å². The number of rotatable bonds is 6. The van der Waals surface area contributed by atoms with Crippen molar-refractivity contribution in [3.63, 3.8) is 0 Å². The van der Waals surface area contributed by atoms with Gasteiger partial charge >= 0.3 is 13.1 Å². The Kier molecular flexibility index (Phi) is 5.82. The van der Waals surface area contributed by atoms with E-state index >= 15 is 0 Å². The number of esters is 1. The Morgan fingerprint density at radius 1 is 1.00 bits per heavy atom. The molecule has 0 aromatic heterocycles. The summed E-state index contributed by atoms with van der Waals surface area (Å²) in [5.41, 5.74) is 2.01. The number of ether oxygens (including phenoxy) is 2. The van der Waals surface area contributed by atoms with E-state index in [0.717, 1.165) is 16.6 Å². The highest BCUT2D eigenvalue weighted by molar-refractivity contribution is 6.62. The number of para-hydroxylation sites is 1. The molecular weight excluding hydrogens is 355 g/mol. The molecule has 1 heterocycles. The fourth-order valence-corrected chi connectivity index (χ4v) is 2.99. The van der Waals surface area contributed by atoms with E-state index in [1.165, 1.54) is 7.11 Å². The summed E-state index contributed by atoms with van der Waals surface area (Å²) in [4.78, 5) is 11.6. The van der Waals surface area contributed by atoms with Gasteiger partial charge in [0.2, 0.25) is 0 Å². The fraction of sp³-hybridized carbons (Fsp3) is 0.409. The lowest BCUT2D eigenvalue weighted by atomic mass is 9.78. The molecule has 0 amide bonds. The van der Waals surface area contributed by atoms with E-state index in [0.29, 0.717) is 12.4 Å². The molecular formula is C22H27BO5. The molecule has 1 saturated heterocycles. The molecule has 0 spiro atoms. The summed E-state index contributed by atoms with van der Waals surface area (Å²) >= 11 is 0. The second-order valence-corrected chi connectivity index (χ2v) is 7.98. The summed E-state index contributed by atoms with van der Waals surface area (Å²) in [6, 6.07) is 15.5. The van der Waals surface area contributed by atoms with Crippen LogP contribution in [-0.2, 0) is 31.9 Å². The van der Waals surface area contributed by atoms with Gasteiger partial charge in [-0.2, -0.15) is 0 Å². The maximum Gasteiger partial charge on any atom is 0.494 e. The van der Waals surface area contributed by atoms with E-state index in [9.17, 15) is 4.79 Å². The van der Waals surface area contributed by atoms with Crippen molar-refractivity contribution in [3.8, 4) is 5.75 Å². The molecule has 0 radical (unpaired) electrons. The molecule has 1 aliphatic heterocycles. The van der Waals surface area contributed by atoms with Gasteiger partial charge in [0.05, 0.1) is 24.7 Å². The number of carbonyl (C=O) groups excluding carboxylic acids is 1. The highest BCUT2D eigenvalue weighted by Crippen LogP contribution is 2.36. The monoisotopic (exact) mass is 382 g/mol. The number of hydrogen-bond acceptors (Lipinski definition) is 5. The lowest BCUT2D eigenvalue weighted by Crippen LogP contribution is -2.41. The smallest absolute Gasteiger partial charge is 0.489 e. The first kappa shape index (κ1) is 20.4. The van der Waals surface area contributed by atoms with E-state index in [1.807, 2.05) is 76.2 Å². The van der Waals surface area contributed by atoms with Crippen LogP contribution in [0.4, 0.5) is 0 Å². The lowest BCUT2D eigenvalue weighted by molar-refractivity contribution is -0.139. The summed E-state index contributed by atoms with van der Waals surface area (Å²) in [7, 11) is 0.976. The average molecular weight is 382 g/mol. The van der Waals surface area contributed by atoms with Crippen molar-refractivity contribution < 1.29 is 23.6 Å². The minimum atomic E-state index is -0.406. The molecule has 0 N–H and O–H groups in total. The number of hydrogen-bond donors (Lipinski definition) is 0. The van der Waals surface area contributed by atoms with Crippen LogP contribution in [0.15, 0.2) is 48.5 Å². The maximum atomic E-state index is 11.6. The first-order chi connectivity index (χ1) is 13.2. The standard InChI is InChI=1S/C22H27BO5/c1-21(2)22(3,4)28-23(27-21)18-11-8-9-16(13-18)15-26-19-12-7-6-10-17(19)14-20(24)25-5/h6-13H,14-15H2,1-5H3. The number of carbonyl (C=O) groups is 1. The van der Waals surface area contributed by atoms with E-state index in [4.69, 9.17) is 18.8 Å². The van der Waals surface area contributed by atoms with Crippen LogP contribution in [0, 0.1) is 0 Å². The third kappa shape index (κ3) is 4.40. The number of benzene rings is 2. The largest absolute Gasteiger partial charge is 0.494 e. The van der Waals surface area contributed by atoms with Gasteiger partial charge in [-0.25, -0.2) is 0 Å². The Hall–Kier alpha value is -2.31. The van der Waals surface area contributed by atoms with Crippen LogP contribution in [0.3, 0.4) is 0 Å². The topological polar surface area (TPSA) is 54.0 Å².